The number of nitro benzene ring substituents is 1. The van der Waals surface area contributed by atoms with E-state index in [0.29, 0.717) is 30.4 Å². The highest BCUT2D eigenvalue weighted by Gasteiger charge is 2.62. The fourth-order valence-corrected chi connectivity index (χ4v) is 7.42. The minimum absolute atomic E-state index is 0.0252. The second kappa shape index (κ2) is 8.61. The zero-order valence-corrected chi connectivity index (χ0v) is 20.1. The minimum atomic E-state index is -0.486. The van der Waals surface area contributed by atoms with E-state index in [1.807, 2.05) is 13.8 Å². The number of benzene rings is 1. The van der Waals surface area contributed by atoms with E-state index in [1.165, 1.54) is 31.5 Å². The maximum absolute atomic E-state index is 13.3. The average Bonchev–Trinajstić information content (AvgIpc) is 2.70. The van der Waals surface area contributed by atoms with Crippen LogP contribution in [0.3, 0.4) is 0 Å². The second-order valence-corrected chi connectivity index (χ2v) is 11.0. The highest BCUT2D eigenvalue weighted by Crippen LogP contribution is 2.69. The highest BCUT2D eigenvalue weighted by atomic mass is 16.6. The third-order valence-electron chi connectivity index (χ3n) is 7.49. The number of hydrogen-bond acceptors (Lipinski definition) is 6. The van der Waals surface area contributed by atoms with Gasteiger partial charge in [0.05, 0.1) is 29.8 Å². The molecule has 1 amide bonds. The van der Waals surface area contributed by atoms with Gasteiger partial charge in [-0.15, -0.1) is 0 Å². The zero-order valence-electron chi connectivity index (χ0n) is 20.1. The van der Waals surface area contributed by atoms with Gasteiger partial charge in [0.1, 0.15) is 0 Å². The smallest absolute Gasteiger partial charge is 0.315 e. The first-order valence-electron chi connectivity index (χ1n) is 12.0. The van der Waals surface area contributed by atoms with Gasteiger partial charge < -0.3 is 9.47 Å². The first kappa shape index (κ1) is 23.5. The first-order valence-corrected chi connectivity index (χ1v) is 12.0. The lowest BCUT2D eigenvalue weighted by atomic mass is 9.40. The lowest BCUT2D eigenvalue weighted by Crippen LogP contribution is -2.59. The Hall–Kier alpha value is -2.64. The SMILES string of the molecule is CCCOc1c(OCC)cc(/C=N/NC(=O)C23CC4CC(C)(CC(C)(C4)C2)C3)cc1[N+](=O)[O-]. The van der Waals surface area contributed by atoms with Gasteiger partial charge >= 0.3 is 5.69 Å². The summed E-state index contributed by atoms with van der Waals surface area (Å²) < 4.78 is 11.2. The molecule has 4 fully saturated rings. The predicted molar refractivity (Wildman–Crippen MR) is 126 cm³/mol. The molecule has 4 aliphatic rings. The molecular formula is C25H35N3O5. The van der Waals surface area contributed by atoms with Crippen LogP contribution < -0.4 is 14.9 Å². The standard InChI is InChI=1S/C25H35N3O5/c1-5-7-33-21-19(28(30)31)8-17(9-20(21)32-6-2)13-26-27-22(29)25-12-18-10-23(3,15-25)14-24(4,11-18)16-25/h8-9,13,18H,5-7,10-12,14-16H2,1-4H3,(H,27,29)/b26-13+. The van der Waals surface area contributed by atoms with Gasteiger partial charge in [-0.3, -0.25) is 14.9 Å². The van der Waals surface area contributed by atoms with E-state index in [0.717, 1.165) is 25.7 Å². The van der Waals surface area contributed by atoms with Crippen LogP contribution in [0.15, 0.2) is 17.2 Å². The molecule has 1 aromatic carbocycles. The number of nitro groups is 1. The van der Waals surface area contributed by atoms with E-state index in [4.69, 9.17) is 9.47 Å². The van der Waals surface area contributed by atoms with E-state index < -0.39 is 4.92 Å². The van der Waals surface area contributed by atoms with E-state index in [9.17, 15) is 14.9 Å². The Labute approximate surface area is 195 Å². The Morgan fingerprint density at radius 1 is 1.18 bits per heavy atom. The van der Waals surface area contributed by atoms with Crippen molar-refractivity contribution in [3.8, 4) is 11.5 Å². The normalized spacial score (nSPS) is 32.2. The number of hydrazone groups is 1. The van der Waals surface area contributed by atoms with Crippen LogP contribution in [0, 0.1) is 32.3 Å². The number of hydrogen-bond donors (Lipinski definition) is 1. The van der Waals surface area contributed by atoms with Gasteiger partial charge in [0, 0.05) is 11.6 Å². The molecule has 0 spiro atoms. The van der Waals surface area contributed by atoms with Crippen LogP contribution >= 0.6 is 0 Å². The summed E-state index contributed by atoms with van der Waals surface area (Å²) in [5.74, 6) is 1.01. The van der Waals surface area contributed by atoms with Crippen LogP contribution in [-0.2, 0) is 4.79 Å². The molecule has 2 unspecified atom stereocenters. The number of ether oxygens (including phenoxy) is 2. The van der Waals surface area contributed by atoms with Gasteiger partial charge in [-0.2, -0.15) is 5.10 Å². The van der Waals surface area contributed by atoms with Crippen molar-refractivity contribution in [3.05, 3.63) is 27.8 Å². The Bertz CT molecular complexity index is 957. The van der Waals surface area contributed by atoms with Gasteiger partial charge in [-0.1, -0.05) is 20.8 Å². The summed E-state index contributed by atoms with van der Waals surface area (Å²) in [6.07, 6.45) is 8.57. The van der Waals surface area contributed by atoms with Crippen molar-refractivity contribution in [1.82, 2.24) is 5.43 Å². The molecule has 33 heavy (non-hydrogen) atoms. The third kappa shape index (κ3) is 4.57. The molecule has 4 aliphatic carbocycles. The number of carbonyl (C=O) groups excluding carboxylic acids is 1. The van der Waals surface area contributed by atoms with Gasteiger partial charge in [0.25, 0.3) is 0 Å². The van der Waals surface area contributed by atoms with Crippen molar-refractivity contribution in [1.29, 1.82) is 0 Å². The predicted octanol–water partition coefficient (Wildman–Crippen LogP) is 5.23. The van der Waals surface area contributed by atoms with Crippen molar-refractivity contribution < 1.29 is 19.2 Å². The summed E-state index contributed by atoms with van der Waals surface area (Å²) in [6.45, 7) is 9.10. The van der Waals surface area contributed by atoms with Gasteiger partial charge in [-0.05, 0) is 74.7 Å². The minimum Gasteiger partial charge on any atom is -0.490 e. The molecule has 4 bridgehead atoms. The highest BCUT2D eigenvalue weighted by molar-refractivity contribution is 5.87. The molecule has 1 aromatic rings. The molecule has 2 atom stereocenters. The molecule has 0 heterocycles. The molecule has 8 nitrogen and oxygen atoms in total. The van der Waals surface area contributed by atoms with E-state index in [-0.39, 0.29) is 33.6 Å². The number of amides is 1. The molecular weight excluding hydrogens is 422 g/mol. The number of nitrogens with zero attached hydrogens (tertiary/aromatic N) is 2. The molecule has 0 aromatic heterocycles. The summed E-state index contributed by atoms with van der Waals surface area (Å²) in [6, 6.07) is 3.06. The van der Waals surface area contributed by atoms with Crippen molar-refractivity contribution in [3.63, 3.8) is 0 Å². The topological polar surface area (TPSA) is 103 Å². The van der Waals surface area contributed by atoms with Crippen molar-refractivity contribution in [2.45, 2.75) is 72.6 Å². The van der Waals surface area contributed by atoms with E-state index >= 15 is 0 Å². The molecule has 4 saturated carbocycles. The Morgan fingerprint density at radius 3 is 2.45 bits per heavy atom. The van der Waals surface area contributed by atoms with Crippen LogP contribution in [-0.4, -0.2) is 30.3 Å². The van der Waals surface area contributed by atoms with Crippen LogP contribution in [0.4, 0.5) is 5.69 Å². The average molecular weight is 458 g/mol. The number of carbonyl (C=O) groups is 1. The number of nitrogens with one attached hydrogen (secondary N) is 1. The maximum Gasteiger partial charge on any atom is 0.315 e. The van der Waals surface area contributed by atoms with Crippen LogP contribution in [0.5, 0.6) is 11.5 Å². The van der Waals surface area contributed by atoms with Gasteiger partial charge in [-0.25, -0.2) is 5.43 Å². The monoisotopic (exact) mass is 457 g/mol. The summed E-state index contributed by atoms with van der Waals surface area (Å²) in [7, 11) is 0. The summed E-state index contributed by atoms with van der Waals surface area (Å²) >= 11 is 0. The van der Waals surface area contributed by atoms with E-state index in [2.05, 4.69) is 24.4 Å². The lowest BCUT2D eigenvalue weighted by molar-refractivity contribution is -0.386. The van der Waals surface area contributed by atoms with E-state index in [1.54, 1.807) is 6.07 Å². The Kier molecular flexibility index (Phi) is 6.14. The number of rotatable bonds is 9. The van der Waals surface area contributed by atoms with Crippen LogP contribution in [0.25, 0.3) is 0 Å². The fraction of sp³-hybridized carbons (Fsp3) is 0.680. The summed E-state index contributed by atoms with van der Waals surface area (Å²) in [5.41, 5.74) is 3.16. The first-order chi connectivity index (χ1) is 15.6. The van der Waals surface area contributed by atoms with Crippen LogP contribution in [0.1, 0.15) is 78.2 Å². The third-order valence-corrected chi connectivity index (χ3v) is 7.49. The van der Waals surface area contributed by atoms with Crippen molar-refractivity contribution >= 4 is 17.8 Å². The molecule has 5 rings (SSSR count). The Morgan fingerprint density at radius 2 is 1.88 bits per heavy atom. The molecule has 0 saturated heterocycles. The summed E-state index contributed by atoms with van der Waals surface area (Å²) in [5, 5.41) is 15.8. The van der Waals surface area contributed by atoms with Crippen LogP contribution in [0.2, 0.25) is 0 Å². The molecule has 0 aliphatic heterocycles. The zero-order chi connectivity index (χ0) is 23.9. The Balaban J connectivity index is 1.53. The summed E-state index contributed by atoms with van der Waals surface area (Å²) in [4.78, 5) is 24.5. The van der Waals surface area contributed by atoms with Gasteiger partial charge in [0.2, 0.25) is 11.7 Å². The molecule has 180 valence electrons. The quantitative estimate of drug-likeness (QED) is 0.311. The molecule has 0 radical (unpaired) electrons. The molecule has 8 heteroatoms. The van der Waals surface area contributed by atoms with Crippen molar-refractivity contribution in [2.75, 3.05) is 13.2 Å². The maximum atomic E-state index is 13.3. The fourth-order valence-electron chi connectivity index (χ4n) is 7.42. The van der Waals surface area contributed by atoms with Gasteiger partial charge in [0.15, 0.2) is 5.75 Å². The van der Waals surface area contributed by atoms with Crippen molar-refractivity contribution in [2.24, 2.45) is 27.3 Å². The largest absolute Gasteiger partial charge is 0.490 e. The second-order valence-electron chi connectivity index (χ2n) is 11.0. The molecule has 1 N–H and O–H groups in total. The lowest BCUT2D eigenvalue weighted by Gasteiger charge is -2.64.